The zero-order valence-electron chi connectivity index (χ0n) is 8.03. The minimum absolute atomic E-state index is 0.191. The van der Waals surface area contributed by atoms with Gasteiger partial charge in [0.25, 0.3) is 0 Å². The van der Waals surface area contributed by atoms with Crippen molar-refractivity contribution in [3.63, 3.8) is 0 Å². The number of thiophene rings is 1. The molecular weight excluding hydrogens is 280 g/mol. The Bertz CT molecular complexity index is 395. The first-order valence-corrected chi connectivity index (χ1v) is 5.82. The number of ether oxygens (including phenoxy) is 1. The van der Waals surface area contributed by atoms with Crippen molar-refractivity contribution in [3.8, 4) is 0 Å². The number of rotatable bonds is 4. The largest absolute Gasteiger partial charge is 0.454 e. The van der Waals surface area contributed by atoms with Crippen LogP contribution in [0.5, 0.6) is 0 Å². The van der Waals surface area contributed by atoms with Gasteiger partial charge in [0, 0.05) is 6.08 Å². The van der Waals surface area contributed by atoms with Gasteiger partial charge in [0.15, 0.2) is 6.61 Å². The van der Waals surface area contributed by atoms with Gasteiger partial charge in [-0.25, -0.2) is 4.79 Å². The van der Waals surface area contributed by atoms with Gasteiger partial charge in [0.2, 0.25) is 5.78 Å². The Morgan fingerprint density at radius 3 is 2.80 bits per heavy atom. The van der Waals surface area contributed by atoms with Crippen molar-refractivity contribution in [2.45, 2.75) is 6.92 Å². The average molecular weight is 289 g/mol. The van der Waals surface area contributed by atoms with Crippen molar-refractivity contribution in [2.24, 2.45) is 0 Å². The predicted octanol–water partition coefficient (Wildman–Crippen LogP) is 2.81. The number of ketones is 1. The van der Waals surface area contributed by atoms with Gasteiger partial charge >= 0.3 is 5.97 Å². The van der Waals surface area contributed by atoms with Crippen molar-refractivity contribution in [3.05, 3.63) is 32.9 Å². The van der Waals surface area contributed by atoms with Gasteiger partial charge in [-0.15, -0.1) is 11.3 Å². The van der Waals surface area contributed by atoms with Crippen LogP contribution in [0.3, 0.4) is 0 Å². The van der Waals surface area contributed by atoms with Crippen LogP contribution < -0.4 is 0 Å². The monoisotopic (exact) mass is 288 g/mol. The average Bonchev–Trinajstić information content (AvgIpc) is 2.62. The highest BCUT2D eigenvalue weighted by Crippen LogP contribution is 2.22. The number of allylic oxidation sites excluding steroid dienone is 1. The topological polar surface area (TPSA) is 43.4 Å². The summed E-state index contributed by atoms with van der Waals surface area (Å²) in [6, 6.07) is 3.48. The fourth-order valence-electron chi connectivity index (χ4n) is 0.856. The van der Waals surface area contributed by atoms with Gasteiger partial charge in [-0.05, 0) is 35.0 Å². The summed E-state index contributed by atoms with van der Waals surface area (Å²) in [5, 5.41) is 0. The normalized spacial score (nSPS) is 10.5. The number of carbonyl (C=O) groups excluding carboxylic acids is 2. The molecule has 1 rings (SSSR count). The SMILES string of the molecule is CC=CC(=O)OCC(=O)c1ccc(Br)s1. The molecule has 5 heteroatoms. The smallest absolute Gasteiger partial charge is 0.330 e. The molecule has 0 aliphatic heterocycles. The Hall–Kier alpha value is -0.940. The first-order chi connectivity index (χ1) is 7.13. The molecule has 1 aromatic rings. The van der Waals surface area contributed by atoms with E-state index < -0.39 is 5.97 Å². The number of esters is 1. The third-order valence-corrected chi connectivity index (χ3v) is 3.16. The van der Waals surface area contributed by atoms with Crippen molar-refractivity contribution >= 4 is 39.0 Å². The van der Waals surface area contributed by atoms with Crippen LogP contribution in [0.25, 0.3) is 0 Å². The molecule has 0 saturated heterocycles. The second-order valence-corrected chi connectivity index (χ2v) is 5.10. The number of hydrogen-bond donors (Lipinski definition) is 0. The summed E-state index contributed by atoms with van der Waals surface area (Å²) in [4.78, 5) is 23.0. The zero-order valence-corrected chi connectivity index (χ0v) is 10.4. The summed E-state index contributed by atoms with van der Waals surface area (Å²) >= 11 is 4.57. The number of hydrogen-bond acceptors (Lipinski definition) is 4. The van der Waals surface area contributed by atoms with Crippen LogP contribution in [0.2, 0.25) is 0 Å². The molecule has 0 aliphatic rings. The Kier molecular flexibility index (Phi) is 4.71. The Labute approximate surface area is 99.9 Å². The van der Waals surface area contributed by atoms with E-state index in [0.717, 1.165) is 3.79 Å². The lowest BCUT2D eigenvalue weighted by Gasteiger charge is -1.98. The van der Waals surface area contributed by atoms with Crippen molar-refractivity contribution in [1.82, 2.24) is 0 Å². The Morgan fingerprint density at radius 2 is 2.27 bits per heavy atom. The summed E-state index contributed by atoms with van der Waals surface area (Å²) in [5.41, 5.74) is 0. The number of Topliss-reactive ketones (excluding diaryl/α,β-unsaturated/α-hetero) is 1. The van der Waals surface area contributed by atoms with Gasteiger partial charge in [-0.2, -0.15) is 0 Å². The fraction of sp³-hybridized carbons (Fsp3) is 0.200. The Morgan fingerprint density at radius 1 is 1.53 bits per heavy atom. The van der Waals surface area contributed by atoms with E-state index in [-0.39, 0.29) is 12.4 Å². The highest BCUT2D eigenvalue weighted by atomic mass is 79.9. The van der Waals surface area contributed by atoms with Crippen molar-refractivity contribution in [1.29, 1.82) is 0 Å². The molecular formula is C10H9BrO3S. The maximum absolute atomic E-state index is 11.5. The molecule has 0 N–H and O–H groups in total. The summed E-state index contributed by atoms with van der Waals surface area (Å²) in [6.07, 6.45) is 2.84. The van der Waals surface area contributed by atoms with Crippen LogP contribution in [0.4, 0.5) is 0 Å². The molecule has 1 heterocycles. The lowest BCUT2D eigenvalue weighted by molar-refractivity contribution is -0.136. The van der Waals surface area contributed by atoms with E-state index in [0.29, 0.717) is 4.88 Å². The van der Waals surface area contributed by atoms with E-state index >= 15 is 0 Å². The van der Waals surface area contributed by atoms with E-state index in [2.05, 4.69) is 15.9 Å². The molecule has 0 spiro atoms. The molecule has 0 aromatic carbocycles. The van der Waals surface area contributed by atoms with E-state index in [1.54, 1.807) is 25.1 Å². The van der Waals surface area contributed by atoms with E-state index in [1.165, 1.54) is 17.4 Å². The lowest BCUT2D eigenvalue weighted by Crippen LogP contribution is -2.11. The molecule has 0 radical (unpaired) electrons. The summed E-state index contributed by atoms with van der Waals surface area (Å²) in [5.74, 6) is -0.690. The number of halogens is 1. The minimum atomic E-state index is -0.499. The first-order valence-electron chi connectivity index (χ1n) is 4.21. The van der Waals surface area contributed by atoms with Crippen LogP contribution in [0.15, 0.2) is 28.1 Å². The van der Waals surface area contributed by atoms with Crippen LogP contribution >= 0.6 is 27.3 Å². The lowest BCUT2D eigenvalue weighted by atomic mass is 10.3. The van der Waals surface area contributed by atoms with Gasteiger partial charge in [0.1, 0.15) is 0 Å². The molecule has 15 heavy (non-hydrogen) atoms. The molecule has 0 atom stereocenters. The maximum atomic E-state index is 11.5. The number of carbonyl (C=O) groups is 2. The molecule has 0 saturated carbocycles. The van der Waals surface area contributed by atoms with Gasteiger partial charge in [-0.1, -0.05) is 6.08 Å². The molecule has 0 fully saturated rings. The third-order valence-electron chi connectivity index (χ3n) is 1.50. The van der Waals surface area contributed by atoms with Crippen LogP contribution in [-0.2, 0) is 9.53 Å². The van der Waals surface area contributed by atoms with Crippen LogP contribution in [-0.4, -0.2) is 18.4 Å². The first kappa shape index (κ1) is 12.1. The standard InChI is InChI=1S/C10H9BrO3S/c1-2-3-10(13)14-6-7(12)8-4-5-9(11)15-8/h2-5H,6H2,1H3. The fourth-order valence-corrected chi connectivity index (χ4v) is 2.17. The quantitative estimate of drug-likeness (QED) is 0.486. The molecule has 3 nitrogen and oxygen atoms in total. The van der Waals surface area contributed by atoms with Gasteiger partial charge in [0.05, 0.1) is 8.66 Å². The molecule has 0 aliphatic carbocycles. The highest BCUT2D eigenvalue weighted by Gasteiger charge is 2.10. The summed E-state index contributed by atoms with van der Waals surface area (Å²) in [7, 11) is 0. The highest BCUT2D eigenvalue weighted by molar-refractivity contribution is 9.11. The van der Waals surface area contributed by atoms with Gasteiger partial charge < -0.3 is 4.74 Å². The Balaban J connectivity index is 2.47. The van der Waals surface area contributed by atoms with E-state index in [9.17, 15) is 9.59 Å². The zero-order chi connectivity index (χ0) is 11.3. The molecule has 80 valence electrons. The van der Waals surface area contributed by atoms with Crippen molar-refractivity contribution in [2.75, 3.05) is 6.61 Å². The van der Waals surface area contributed by atoms with E-state index in [1.807, 2.05) is 0 Å². The minimum Gasteiger partial charge on any atom is -0.454 e. The van der Waals surface area contributed by atoms with Gasteiger partial charge in [-0.3, -0.25) is 4.79 Å². The van der Waals surface area contributed by atoms with Crippen LogP contribution in [0, 0.1) is 0 Å². The molecule has 0 unspecified atom stereocenters. The maximum Gasteiger partial charge on any atom is 0.330 e. The molecule has 0 bridgehead atoms. The van der Waals surface area contributed by atoms with Crippen molar-refractivity contribution < 1.29 is 14.3 Å². The molecule has 0 amide bonds. The van der Waals surface area contributed by atoms with Crippen LogP contribution in [0.1, 0.15) is 16.6 Å². The van der Waals surface area contributed by atoms with E-state index in [4.69, 9.17) is 4.74 Å². The predicted molar refractivity (Wildman–Crippen MR) is 62.1 cm³/mol. The molecule has 1 aromatic heterocycles. The summed E-state index contributed by atoms with van der Waals surface area (Å²) < 4.78 is 5.60. The second kappa shape index (κ2) is 5.82. The third kappa shape index (κ3) is 3.97. The second-order valence-electron chi connectivity index (χ2n) is 2.63. The summed E-state index contributed by atoms with van der Waals surface area (Å²) in [6.45, 7) is 1.50.